The Balaban J connectivity index is 1.33. The van der Waals surface area contributed by atoms with Crippen LogP contribution in [0.15, 0.2) is 46.2 Å². The van der Waals surface area contributed by atoms with Crippen molar-refractivity contribution in [3.05, 3.63) is 52.5 Å². The third-order valence-corrected chi connectivity index (χ3v) is 4.91. The molecule has 0 fully saturated rings. The van der Waals surface area contributed by atoms with Crippen molar-refractivity contribution in [2.45, 2.75) is 11.3 Å². The number of thioether (sulfide) groups is 1. The highest BCUT2D eigenvalue weighted by molar-refractivity contribution is 7.99. The van der Waals surface area contributed by atoms with Gasteiger partial charge in [-0.05, 0) is 18.2 Å². The largest absolute Gasteiger partial charge is 0.485 e. The fourth-order valence-corrected chi connectivity index (χ4v) is 3.35. The molecule has 3 heterocycles. The highest BCUT2D eigenvalue weighted by Crippen LogP contribution is 2.36. The molecule has 1 aromatic carbocycles. The van der Waals surface area contributed by atoms with Crippen LogP contribution in [0.4, 0.5) is 5.82 Å². The fraction of sp³-hybridized carbons (Fsp3) is 0.176. The Morgan fingerprint density at radius 2 is 2.07 bits per heavy atom. The summed E-state index contributed by atoms with van der Waals surface area (Å²) in [5.74, 6) is 1.49. The van der Waals surface area contributed by atoms with E-state index in [1.807, 2.05) is 18.2 Å². The molecule has 0 aliphatic carbocycles. The zero-order valence-corrected chi connectivity index (χ0v) is 16.4. The van der Waals surface area contributed by atoms with Crippen LogP contribution in [-0.4, -0.2) is 33.4 Å². The van der Waals surface area contributed by atoms with Gasteiger partial charge in [0.05, 0.1) is 15.8 Å². The molecule has 0 spiro atoms. The van der Waals surface area contributed by atoms with Crippen molar-refractivity contribution in [1.82, 2.24) is 15.2 Å². The number of hydrogen-bond acceptors (Lipinski definition) is 8. The summed E-state index contributed by atoms with van der Waals surface area (Å²) in [5.41, 5.74) is 0. The Labute approximate surface area is 173 Å². The van der Waals surface area contributed by atoms with E-state index in [1.54, 1.807) is 6.07 Å². The molecule has 0 bridgehead atoms. The number of halogens is 2. The molecule has 8 nitrogen and oxygen atoms in total. The number of aromatic nitrogens is 3. The summed E-state index contributed by atoms with van der Waals surface area (Å²) < 4.78 is 17.0. The molecule has 0 saturated carbocycles. The van der Waals surface area contributed by atoms with Crippen molar-refractivity contribution in [3.8, 4) is 11.5 Å². The molecule has 3 aromatic rings. The van der Waals surface area contributed by atoms with Crippen LogP contribution in [0.1, 0.15) is 12.0 Å². The Bertz CT molecular complexity index is 1020. The third kappa shape index (κ3) is 4.32. The first-order chi connectivity index (χ1) is 13.6. The molecule has 28 heavy (non-hydrogen) atoms. The monoisotopic (exact) mass is 438 g/mol. The Hall–Kier alpha value is -2.49. The van der Waals surface area contributed by atoms with Gasteiger partial charge in [0, 0.05) is 6.20 Å². The molecule has 1 N–H and O–H groups in total. The smallest absolute Gasteiger partial charge is 0.277 e. The predicted molar refractivity (Wildman–Crippen MR) is 103 cm³/mol. The molecule has 144 valence electrons. The van der Waals surface area contributed by atoms with Crippen LogP contribution in [0.25, 0.3) is 0 Å². The van der Waals surface area contributed by atoms with Crippen LogP contribution in [-0.2, 0) is 4.79 Å². The second-order valence-corrected chi connectivity index (χ2v) is 7.36. The number of nitrogens with zero attached hydrogens (tertiary/aromatic N) is 3. The first-order valence-corrected chi connectivity index (χ1v) is 9.78. The van der Waals surface area contributed by atoms with Crippen molar-refractivity contribution in [2.24, 2.45) is 0 Å². The quantitative estimate of drug-likeness (QED) is 0.596. The lowest BCUT2D eigenvalue weighted by Gasteiger charge is -2.23. The normalized spacial score (nSPS) is 15.3. The third-order valence-electron chi connectivity index (χ3n) is 3.60. The van der Waals surface area contributed by atoms with E-state index in [0.29, 0.717) is 16.5 Å². The lowest BCUT2D eigenvalue weighted by molar-refractivity contribution is -0.113. The van der Waals surface area contributed by atoms with Gasteiger partial charge in [0.15, 0.2) is 17.3 Å². The second kappa shape index (κ2) is 8.26. The van der Waals surface area contributed by atoms with Crippen LogP contribution in [0, 0.1) is 0 Å². The SMILES string of the molecule is O=C(CSc1nnc(C2COc3ccccc3O2)o1)Nc1ncc(Cl)cc1Cl. The van der Waals surface area contributed by atoms with Gasteiger partial charge in [0.1, 0.15) is 6.61 Å². The lowest BCUT2D eigenvalue weighted by atomic mass is 10.2. The van der Waals surface area contributed by atoms with Crippen LogP contribution in [0.2, 0.25) is 10.0 Å². The molecule has 4 rings (SSSR count). The van der Waals surface area contributed by atoms with Gasteiger partial charge in [-0.25, -0.2) is 4.98 Å². The minimum atomic E-state index is -0.511. The summed E-state index contributed by atoms with van der Waals surface area (Å²) in [5, 5.41) is 11.4. The zero-order valence-electron chi connectivity index (χ0n) is 14.1. The molecule has 11 heteroatoms. The van der Waals surface area contributed by atoms with Gasteiger partial charge >= 0.3 is 0 Å². The maximum atomic E-state index is 12.1. The first-order valence-electron chi connectivity index (χ1n) is 8.04. The van der Waals surface area contributed by atoms with E-state index in [9.17, 15) is 4.79 Å². The number of ether oxygens (including phenoxy) is 2. The number of para-hydroxylation sites is 2. The van der Waals surface area contributed by atoms with E-state index < -0.39 is 6.10 Å². The molecule has 1 unspecified atom stereocenters. The number of carbonyl (C=O) groups excluding carboxylic acids is 1. The van der Waals surface area contributed by atoms with Gasteiger partial charge in [-0.1, -0.05) is 47.1 Å². The number of amides is 1. The average molecular weight is 439 g/mol. The van der Waals surface area contributed by atoms with E-state index in [1.165, 1.54) is 12.3 Å². The van der Waals surface area contributed by atoms with Crippen molar-refractivity contribution in [3.63, 3.8) is 0 Å². The lowest BCUT2D eigenvalue weighted by Crippen LogP contribution is -2.21. The predicted octanol–water partition coefficient (Wildman–Crippen LogP) is 4.01. The standard InChI is InChI=1S/C17H12Cl2N4O4S/c18-9-5-10(19)15(20-6-9)21-14(24)8-28-17-23-22-16(27-17)13-7-25-11-3-1-2-4-12(11)26-13/h1-6,13H,7-8H2,(H,20,21,24). The van der Waals surface area contributed by atoms with Gasteiger partial charge in [0.2, 0.25) is 12.0 Å². The van der Waals surface area contributed by atoms with Crippen molar-refractivity contribution in [2.75, 3.05) is 17.7 Å². The highest BCUT2D eigenvalue weighted by Gasteiger charge is 2.27. The molecule has 1 aliphatic heterocycles. The van der Waals surface area contributed by atoms with E-state index in [0.717, 1.165) is 11.8 Å². The average Bonchev–Trinajstić information content (AvgIpc) is 3.17. The Morgan fingerprint density at radius 3 is 2.89 bits per heavy atom. The van der Waals surface area contributed by atoms with E-state index in [4.69, 9.17) is 37.1 Å². The minimum Gasteiger partial charge on any atom is -0.485 e. The number of carbonyl (C=O) groups is 1. The van der Waals surface area contributed by atoms with Gasteiger partial charge in [-0.3, -0.25) is 4.79 Å². The summed E-state index contributed by atoms with van der Waals surface area (Å²) in [6.07, 6.45) is 0.882. The molecule has 1 atom stereocenters. The topological polar surface area (TPSA) is 99.4 Å². The number of rotatable bonds is 5. The van der Waals surface area contributed by atoms with Crippen molar-refractivity contribution < 1.29 is 18.7 Å². The van der Waals surface area contributed by atoms with Gasteiger partial charge in [-0.15, -0.1) is 10.2 Å². The summed E-state index contributed by atoms with van der Waals surface area (Å²) in [6, 6.07) is 8.82. The molecule has 0 radical (unpaired) electrons. The van der Waals surface area contributed by atoms with E-state index >= 15 is 0 Å². The summed E-state index contributed by atoms with van der Waals surface area (Å²) in [6.45, 7) is 0.254. The number of fused-ring (bicyclic) bond motifs is 1. The van der Waals surface area contributed by atoms with E-state index in [2.05, 4.69) is 20.5 Å². The van der Waals surface area contributed by atoms with Crippen LogP contribution in [0.5, 0.6) is 11.5 Å². The van der Waals surface area contributed by atoms with Gasteiger partial charge in [0.25, 0.3) is 11.1 Å². The Morgan fingerprint density at radius 1 is 1.25 bits per heavy atom. The second-order valence-electron chi connectivity index (χ2n) is 5.59. The number of hydrogen-bond donors (Lipinski definition) is 1. The molecule has 1 aliphatic rings. The molecular formula is C17H12Cl2N4O4S. The van der Waals surface area contributed by atoms with Crippen LogP contribution < -0.4 is 14.8 Å². The first kappa shape index (κ1) is 18.9. The highest BCUT2D eigenvalue weighted by atomic mass is 35.5. The zero-order chi connectivity index (χ0) is 19.5. The fourth-order valence-electron chi connectivity index (χ4n) is 2.35. The molecular weight excluding hydrogens is 427 g/mol. The van der Waals surface area contributed by atoms with Gasteiger partial charge < -0.3 is 19.2 Å². The number of benzene rings is 1. The number of nitrogens with one attached hydrogen (secondary N) is 1. The summed E-state index contributed by atoms with van der Waals surface area (Å²) in [7, 11) is 0. The van der Waals surface area contributed by atoms with Crippen molar-refractivity contribution in [1.29, 1.82) is 0 Å². The summed E-state index contributed by atoms with van der Waals surface area (Å²) in [4.78, 5) is 16.0. The Kier molecular flexibility index (Phi) is 5.56. The number of pyridine rings is 1. The summed E-state index contributed by atoms with van der Waals surface area (Å²) >= 11 is 12.8. The molecule has 2 aromatic heterocycles. The maximum Gasteiger partial charge on any atom is 0.277 e. The molecule has 1 amide bonds. The van der Waals surface area contributed by atoms with E-state index in [-0.39, 0.29) is 40.2 Å². The number of anilines is 1. The minimum absolute atomic E-state index is 0.0348. The van der Waals surface area contributed by atoms with Crippen LogP contribution in [0.3, 0.4) is 0 Å². The van der Waals surface area contributed by atoms with Gasteiger partial charge in [-0.2, -0.15) is 0 Å². The van der Waals surface area contributed by atoms with Crippen LogP contribution >= 0.6 is 35.0 Å². The van der Waals surface area contributed by atoms with Crippen molar-refractivity contribution >= 4 is 46.7 Å². The maximum absolute atomic E-state index is 12.1. The molecule has 0 saturated heterocycles.